The molecule has 0 aliphatic carbocycles. The standard InChI is InChI=1S/C9H13BrN2O2.ClH/c1-5-3-7(10)14-8(5)9(13)12-6(2)4-11;/h3,6H,4,11H2,1-2H3,(H,12,13);1H/t6-;/m1./s1. The number of nitrogens with two attached hydrogens (primary N) is 1. The molecule has 1 atom stereocenters. The summed E-state index contributed by atoms with van der Waals surface area (Å²) in [5, 5.41) is 2.72. The van der Waals surface area contributed by atoms with Crippen molar-refractivity contribution in [2.45, 2.75) is 19.9 Å². The van der Waals surface area contributed by atoms with Gasteiger partial charge in [0.15, 0.2) is 10.4 Å². The number of rotatable bonds is 3. The Morgan fingerprint density at radius 1 is 1.73 bits per heavy atom. The van der Waals surface area contributed by atoms with Gasteiger partial charge in [-0.15, -0.1) is 12.4 Å². The average Bonchev–Trinajstić information content (AvgIpc) is 2.45. The number of hydrogen-bond donors (Lipinski definition) is 2. The van der Waals surface area contributed by atoms with Crippen LogP contribution in [-0.4, -0.2) is 18.5 Å². The first-order valence-corrected chi connectivity index (χ1v) is 5.10. The molecule has 0 aromatic carbocycles. The van der Waals surface area contributed by atoms with E-state index in [0.717, 1.165) is 5.56 Å². The lowest BCUT2D eigenvalue weighted by Gasteiger charge is -2.09. The number of furan rings is 1. The van der Waals surface area contributed by atoms with Crippen molar-refractivity contribution in [3.63, 3.8) is 0 Å². The molecular formula is C9H14BrClN2O2. The molecule has 1 amide bonds. The molecule has 0 radical (unpaired) electrons. The van der Waals surface area contributed by atoms with Crippen molar-refractivity contribution in [2.75, 3.05) is 6.54 Å². The van der Waals surface area contributed by atoms with Crippen LogP contribution in [0.4, 0.5) is 0 Å². The van der Waals surface area contributed by atoms with Crippen molar-refractivity contribution in [3.8, 4) is 0 Å². The van der Waals surface area contributed by atoms with E-state index in [1.807, 2.05) is 13.8 Å². The Morgan fingerprint density at radius 3 is 2.73 bits per heavy atom. The molecule has 0 aliphatic rings. The molecule has 0 unspecified atom stereocenters. The van der Waals surface area contributed by atoms with E-state index in [2.05, 4.69) is 21.2 Å². The SMILES string of the molecule is Cc1cc(Br)oc1C(=O)N[C@H](C)CN.Cl. The average molecular weight is 298 g/mol. The Bertz CT molecular complexity index is 341. The van der Waals surface area contributed by atoms with Crippen LogP contribution in [0.25, 0.3) is 0 Å². The molecule has 4 nitrogen and oxygen atoms in total. The van der Waals surface area contributed by atoms with Crippen molar-refractivity contribution in [2.24, 2.45) is 5.73 Å². The Hall–Kier alpha value is -0.520. The molecule has 3 N–H and O–H groups in total. The highest BCUT2D eigenvalue weighted by molar-refractivity contribution is 9.10. The molecule has 6 heteroatoms. The van der Waals surface area contributed by atoms with Crippen molar-refractivity contribution in [1.29, 1.82) is 0 Å². The molecule has 0 fully saturated rings. The lowest BCUT2D eigenvalue weighted by molar-refractivity contribution is 0.0911. The summed E-state index contributed by atoms with van der Waals surface area (Å²) in [5.41, 5.74) is 6.19. The molecule has 0 bridgehead atoms. The van der Waals surface area contributed by atoms with E-state index in [4.69, 9.17) is 10.2 Å². The number of amides is 1. The second-order valence-electron chi connectivity index (χ2n) is 3.17. The van der Waals surface area contributed by atoms with Gasteiger partial charge in [-0.3, -0.25) is 4.79 Å². The summed E-state index contributed by atoms with van der Waals surface area (Å²) in [6.07, 6.45) is 0. The fraction of sp³-hybridized carbons (Fsp3) is 0.444. The van der Waals surface area contributed by atoms with Gasteiger partial charge in [-0.1, -0.05) is 0 Å². The molecule has 1 heterocycles. The zero-order valence-electron chi connectivity index (χ0n) is 8.54. The molecule has 1 aromatic heterocycles. The number of carbonyl (C=O) groups is 1. The van der Waals surface area contributed by atoms with Gasteiger partial charge in [0.1, 0.15) is 0 Å². The van der Waals surface area contributed by atoms with Crippen LogP contribution in [0.2, 0.25) is 0 Å². The Kier molecular flexibility index (Phi) is 5.93. The summed E-state index contributed by atoms with van der Waals surface area (Å²) < 4.78 is 5.74. The van der Waals surface area contributed by atoms with Gasteiger partial charge in [-0.2, -0.15) is 0 Å². The van der Waals surface area contributed by atoms with E-state index in [1.54, 1.807) is 6.07 Å². The quantitative estimate of drug-likeness (QED) is 0.894. The fourth-order valence-corrected chi connectivity index (χ4v) is 1.52. The van der Waals surface area contributed by atoms with Crippen LogP contribution in [0.1, 0.15) is 23.0 Å². The number of aryl methyl sites for hydroxylation is 1. The van der Waals surface area contributed by atoms with Gasteiger partial charge in [-0.25, -0.2) is 0 Å². The van der Waals surface area contributed by atoms with Crippen LogP contribution in [0.15, 0.2) is 15.2 Å². The van der Waals surface area contributed by atoms with Gasteiger partial charge in [0.2, 0.25) is 0 Å². The van der Waals surface area contributed by atoms with E-state index in [9.17, 15) is 4.79 Å². The first-order valence-electron chi connectivity index (χ1n) is 4.31. The highest BCUT2D eigenvalue weighted by Gasteiger charge is 2.15. The van der Waals surface area contributed by atoms with Gasteiger partial charge in [-0.05, 0) is 35.8 Å². The van der Waals surface area contributed by atoms with E-state index in [1.165, 1.54) is 0 Å². The highest BCUT2D eigenvalue weighted by atomic mass is 79.9. The summed E-state index contributed by atoms with van der Waals surface area (Å²) in [6.45, 7) is 4.06. The van der Waals surface area contributed by atoms with Gasteiger partial charge in [0.25, 0.3) is 5.91 Å². The third kappa shape index (κ3) is 3.85. The lowest BCUT2D eigenvalue weighted by Crippen LogP contribution is -2.37. The summed E-state index contributed by atoms with van der Waals surface area (Å²) in [4.78, 5) is 11.6. The van der Waals surface area contributed by atoms with Crippen LogP contribution in [-0.2, 0) is 0 Å². The van der Waals surface area contributed by atoms with E-state index < -0.39 is 0 Å². The van der Waals surface area contributed by atoms with E-state index in [0.29, 0.717) is 17.0 Å². The lowest BCUT2D eigenvalue weighted by atomic mass is 10.2. The topological polar surface area (TPSA) is 68.3 Å². The minimum Gasteiger partial charge on any atom is -0.444 e. The van der Waals surface area contributed by atoms with E-state index >= 15 is 0 Å². The predicted octanol–water partition coefficient (Wildman–Crippen LogP) is 1.85. The van der Waals surface area contributed by atoms with Gasteiger partial charge < -0.3 is 15.5 Å². The van der Waals surface area contributed by atoms with Crippen LogP contribution in [0, 0.1) is 6.92 Å². The van der Waals surface area contributed by atoms with Gasteiger partial charge in [0.05, 0.1) is 0 Å². The zero-order valence-corrected chi connectivity index (χ0v) is 10.9. The molecule has 0 saturated carbocycles. The predicted molar refractivity (Wildman–Crippen MR) is 64.4 cm³/mol. The van der Waals surface area contributed by atoms with Crippen molar-refractivity contribution in [3.05, 3.63) is 22.1 Å². The minimum absolute atomic E-state index is 0. The molecule has 86 valence electrons. The fourth-order valence-electron chi connectivity index (χ4n) is 1.02. The second-order valence-corrected chi connectivity index (χ2v) is 3.95. The summed E-state index contributed by atoms with van der Waals surface area (Å²) in [7, 11) is 0. The summed E-state index contributed by atoms with van der Waals surface area (Å²) in [5.74, 6) is 0.100. The monoisotopic (exact) mass is 296 g/mol. The first kappa shape index (κ1) is 14.5. The maximum Gasteiger partial charge on any atom is 0.287 e. The summed E-state index contributed by atoms with van der Waals surface area (Å²) in [6, 6.07) is 1.70. The second kappa shape index (κ2) is 6.15. The van der Waals surface area contributed by atoms with Crippen molar-refractivity contribution in [1.82, 2.24) is 5.32 Å². The number of hydrogen-bond acceptors (Lipinski definition) is 3. The Labute approximate surface area is 103 Å². The normalized spacial score (nSPS) is 11.7. The number of halogens is 2. The Morgan fingerprint density at radius 2 is 2.33 bits per heavy atom. The molecule has 15 heavy (non-hydrogen) atoms. The zero-order chi connectivity index (χ0) is 10.7. The largest absolute Gasteiger partial charge is 0.444 e. The third-order valence-electron chi connectivity index (χ3n) is 1.82. The van der Waals surface area contributed by atoms with Crippen LogP contribution < -0.4 is 11.1 Å². The van der Waals surface area contributed by atoms with Crippen LogP contribution >= 0.6 is 28.3 Å². The highest BCUT2D eigenvalue weighted by Crippen LogP contribution is 2.19. The van der Waals surface area contributed by atoms with Crippen LogP contribution in [0.3, 0.4) is 0 Å². The first-order chi connectivity index (χ1) is 6.54. The third-order valence-corrected chi connectivity index (χ3v) is 2.22. The van der Waals surface area contributed by atoms with E-state index in [-0.39, 0.29) is 24.4 Å². The van der Waals surface area contributed by atoms with Crippen molar-refractivity contribution < 1.29 is 9.21 Å². The maximum atomic E-state index is 11.6. The van der Waals surface area contributed by atoms with Crippen molar-refractivity contribution >= 4 is 34.2 Å². The number of carbonyl (C=O) groups excluding carboxylic acids is 1. The molecule has 0 aliphatic heterocycles. The van der Waals surface area contributed by atoms with Gasteiger partial charge in [0, 0.05) is 18.2 Å². The molecule has 0 saturated heterocycles. The Balaban J connectivity index is 0.00000196. The smallest absolute Gasteiger partial charge is 0.287 e. The molecular weight excluding hydrogens is 283 g/mol. The minimum atomic E-state index is -0.230. The number of nitrogens with one attached hydrogen (secondary N) is 1. The molecule has 1 rings (SSSR count). The molecule has 0 spiro atoms. The molecule has 1 aromatic rings. The summed E-state index contributed by atoms with van der Waals surface area (Å²) >= 11 is 3.16. The van der Waals surface area contributed by atoms with Gasteiger partial charge >= 0.3 is 0 Å². The maximum absolute atomic E-state index is 11.6. The van der Waals surface area contributed by atoms with Crippen LogP contribution in [0.5, 0.6) is 0 Å².